The van der Waals surface area contributed by atoms with Crippen LogP contribution in [0, 0.1) is 17.8 Å². The monoisotopic (exact) mass is 1300 g/mol. The lowest BCUT2D eigenvalue weighted by atomic mass is 10.0. The molecular formula is C69H134O17P2. The first-order chi connectivity index (χ1) is 42.2. The van der Waals surface area contributed by atoms with Crippen molar-refractivity contribution < 1.29 is 80.2 Å². The van der Waals surface area contributed by atoms with E-state index >= 15 is 0 Å². The van der Waals surface area contributed by atoms with E-state index in [0.717, 1.165) is 115 Å². The van der Waals surface area contributed by atoms with E-state index in [-0.39, 0.29) is 25.7 Å². The standard InChI is InChI=1S/C69H134O17P2/c1-8-9-10-11-26-36-43-50-66(71)79-56-64(86-69(74)53-46-39-32-25-29-35-42-49-62(6)7)58-83-87(75,76)81-54-63(70)55-82-88(77,78)84-59-65(57-80-67(72)51-44-37-30-23-20-19-22-28-34-41-48-61(4)5)85-68(73)52-45-38-31-24-18-16-14-12-13-15-17-21-27-33-40-47-60(2)3/h60-65,70H,8-59H2,1-7H3,(H,75,76)(H,77,78)/t63-,64+,65+/m0/s1. The number of ether oxygens (including phenoxy) is 4. The lowest BCUT2D eigenvalue weighted by Crippen LogP contribution is -2.30. The van der Waals surface area contributed by atoms with E-state index in [0.29, 0.717) is 31.6 Å². The molecule has 5 atom stereocenters. The van der Waals surface area contributed by atoms with E-state index in [9.17, 15) is 43.2 Å². The number of carbonyl (C=O) groups excluding carboxylic acids is 4. The van der Waals surface area contributed by atoms with Crippen LogP contribution in [0.3, 0.4) is 0 Å². The van der Waals surface area contributed by atoms with Gasteiger partial charge in [-0.15, -0.1) is 0 Å². The Kier molecular flexibility index (Phi) is 58.7. The Morgan fingerprint density at radius 3 is 0.773 bits per heavy atom. The van der Waals surface area contributed by atoms with Crippen LogP contribution in [0.15, 0.2) is 0 Å². The van der Waals surface area contributed by atoms with Crippen molar-refractivity contribution in [1.29, 1.82) is 0 Å². The number of aliphatic hydroxyl groups is 1. The Hall–Kier alpha value is -1.94. The summed E-state index contributed by atoms with van der Waals surface area (Å²) in [5.41, 5.74) is 0. The number of hydrogen-bond donors (Lipinski definition) is 3. The molecule has 2 unspecified atom stereocenters. The molecular weight excluding hydrogens is 1160 g/mol. The molecule has 0 aromatic rings. The van der Waals surface area contributed by atoms with Gasteiger partial charge < -0.3 is 33.8 Å². The molecule has 19 heteroatoms. The molecule has 88 heavy (non-hydrogen) atoms. The molecule has 0 bridgehead atoms. The molecule has 0 rings (SSSR count). The van der Waals surface area contributed by atoms with Gasteiger partial charge in [0.1, 0.15) is 19.3 Å². The maximum Gasteiger partial charge on any atom is 0.472 e. The molecule has 0 fully saturated rings. The molecule has 17 nitrogen and oxygen atoms in total. The van der Waals surface area contributed by atoms with Crippen LogP contribution in [0.4, 0.5) is 0 Å². The first-order valence-corrected chi connectivity index (χ1v) is 38.8. The number of phosphoric ester groups is 2. The minimum absolute atomic E-state index is 0.103. The van der Waals surface area contributed by atoms with Crippen LogP contribution in [-0.4, -0.2) is 96.7 Å². The summed E-state index contributed by atoms with van der Waals surface area (Å²) in [5.74, 6) is 0.123. The van der Waals surface area contributed by atoms with Crippen molar-refractivity contribution in [3.63, 3.8) is 0 Å². The molecule has 522 valence electrons. The van der Waals surface area contributed by atoms with E-state index in [1.165, 1.54) is 141 Å². The van der Waals surface area contributed by atoms with Crippen LogP contribution in [0.5, 0.6) is 0 Å². The van der Waals surface area contributed by atoms with Gasteiger partial charge in [-0.1, -0.05) is 292 Å². The molecule has 0 aliphatic heterocycles. The molecule has 0 radical (unpaired) electrons. The van der Waals surface area contributed by atoms with E-state index in [4.69, 9.17) is 37.0 Å². The maximum absolute atomic E-state index is 13.0. The highest BCUT2D eigenvalue weighted by molar-refractivity contribution is 7.47. The van der Waals surface area contributed by atoms with Gasteiger partial charge in [-0.05, 0) is 43.4 Å². The Balaban J connectivity index is 5.19. The van der Waals surface area contributed by atoms with Crippen molar-refractivity contribution in [2.45, 2.75) is 362 Å². The summed E-state index contributed by atoms with van der Waals surface area (Å²) in [7, 11) is -9.89. The first kappa shape index (κ1) is 86.1. The predicted molar refractivity (Wildman–Crippen MR) is 354 cm³/mol. The van der Waals surface area contributed by atoms with Gasteiger partial charge in [-0.2, -0.15) is 0 Å². The summed E-state index contributed by atoms with van der Waals surface area (Å²) in [6, 6.07) is 0. The molecule has 0 heterocycles. The van der Waals surface area contributed by atoms with Crippen molar-refractivity contribution >= 4 is 39.5 Å². The molecule has 0 amide bonds. The number of phosphoric acid groups is 2. The Morgan fingerprint density at radius 2 is 0.523 bits per heavy atom. The Labute approximate surface area is 537 Å². The van der Waals surface area contributed by atoms with Crippen LogP contribution in [-0.2, 0) is 65.4 Å². The molecule has 0 saturated heterocycles. The smallest absolute Gasteiger partial charge is 0.462 e. The SMILES string of the molecule is CCCCCCCCCC(=O)OC[C@H](COP(=O)(O)OC[C@H](O)COP(=O)(O)OC[C@@H](COC(=O)CCCCCCCCCCCCC(C)C)OC(=O)CCCCCCCCCCCCCCCCCC(C)C)OC(=O)CCCCCCCCCC(C)C. The van der Waals surface area contributed by atoms with Gasteiger partial charge in [0, 0.05) is 25.7 Å². The van der Waals surface area contributed by atoms with Crippen molar-refractivity contribution in [1.82, 2.24) is 0 Å². The normalized spacial score (nSPS) is 14.2. The number of hydrogen-bond acceptors (Lipinski definition) is 15. The quantitative estimate of drug-likeness (QED) is 0.0222. The topological polar surface area (TPSA) is 237 Å². The van der Waals surface area contributed by atoms with E-state index < -0.39 is 97.5 Å². The van der Waals surface area contributed by atoms with Gasteiger partial charge in [0.2, 0.25) is 0 Å². The molecule has 0 aliphatic carbocycles. The zero-order valence-electron chi connectivity index (χ0n) is 57.2. The Morgan fingerprint density at radius 1 is 0.307 bits per heavy atom. The highest BCUT2D eigenvalue weighted by Crippen LogP contribution is 2.45. The van der Waals surface area contributed by atoms with Crippen molar-refractivity contribution in [2.75, 3.05) is 39.6 Å². The van der Waals surface area contributed by atoms with Gasteiger partial charge in [0.15, 0.2) is 12.2 Å². The highest BCUT2D eigenvalue weighted by Gasteiger charge is 2.30. The maximum atomic E-state index is 13.0. The number of rotatable bonds is 67. The van der Waals surface area contributed by atoms with E-state index in [1.54, 1.807) is 0 Å². The molecule has 0 aliphatic rings. The number of esters is 4. The largest absolute Gasteiger partial charge is 0.472 e. The lowest BCUT2D eigenvalue weighted by molar-refractivity contribution is -0.161. The zero-order valence-corrected chi connectivity index (χ0v) is 59.0. The zero-order chi connectivity index (χ0) is 65.2. The van der Waals surface area contributed by atoms with E-state index in [1.807, 2.05) is 0 Å². The number of aliphatic hydroxyl groups excluding tert-OH is 1. The lowest BCUT2D eigenvalue weighted by Gasteiger charge is -2.21. The molecule has 3 N–H and O–H groups in total. The van der Waals surface area contributed by atoms with Gasteiger partial charge in [-0.25, -0.2) is 9.13 Å². The van der Waals surface area contributed by atoms with Crippen LogP contribution in [0.1, 0.15) is 344 Å². The second-order valence-electron chi connectivity index (χ2n) is 26.3. The fraction of sp³-hybridized carbons (Fsp3) is 0.942. The third-order valence-corrected chi connectivity index (χ3v) is 17.8. The summed E-state index contributed by atoms with van der Waals surface area (Å²) in [6.07, 6.45) is 43.3. The molecule has 0 saturated carbocycles. The van der Waals surface area contributed by atoms with E-state index in [2.05, 4.69) is 48.5 Å². The second-order valence-corrected chi connectivity index (χ2v) is 29.3. The molecule has 0 aromatic carbocycles. The second kappa shape index (κ2) is 60.0. The minimum Gasteiger partial charge on any atom is -0.462 e. The summed E-state index contributed by atoms with van der Waals surface area (Å²) in [5, 5.41) is 10.6. The Bertz CT molecular complexity index is 1730. The van der Waals surface area contributed by atoms with Gasteiger partial charge >= 0.3 is 39.5 Å². The molecule has 0 spiro atoms. The third kappa shape index (κ3) is 62.8. The van der Waals surface area contributed by atoms with Crippen molar-refractivity contribution in [2.24, 2.45) is 17.8 Å². The summed E-state index contributed by atoms with van der Waals surface area (Å²) in [6.45, 7) is 11.8. The van der Waals surface area contributed by atoms with Gasteiger partial charge in [0.05, 0.1) is 26.4 Å². The minimum atomic E-state index is -4.95. The molecule has 0 aromatic heterocycles. The first-order valence-electron chi connectivity index (χ1n) is 35.8. The van der Waals surface area contributed by atoms with Crippen LogP contribution >= 0.6 is 15.6 Å². The third-order valence-electron chi connectivity index (χ3n) is 15.9. The van der Waals surface area contributed by atoms with Crippen LogP contribution in [0.25, 0.3) is 0 Å². The van der Waals surface area contributed by atoms with Crippen LogP contribution in [0.2, 0.25) is 0 Å². The van der Waals surface area contributed by atoms with Gasteiger partial charge in [-0.3, -0.25) is 37.3 Å². The summed E-state index contributed by atoms with van der Waals surface area (Å²) < 4.78 is 68.1. The van der Waals surface area contributed by atoms with Crippen molar-refractivity contribution in [3.8, 4) is 0 Å². The van der Waals surface area contributed by atoms with Crippen molar-refractivity contribution in [3.05, 3.63) is 0 Å². The average Bonchev–Trinajstić information content (AvgIpc) is 3.69. The van der Waals surface area contributed by atoms with Gasteiger partial charge in [0.25, 0.3) is 0 Å². The summed E-state index contributed by atoms with van der Waals surface area (Å²) >= 11 is 0. The van der Waals surface area contributed by atoms with Crippen LogP contribution < -0.4 is 0 Å². The predicted octanol–water partition coefficient (Wildman–Crippen LogP) is 19.5. The summed E-state index contributed by atoms with van der Waals surface area (Å²) in [4.78, 5) is 72.3. The number of carbonyl (C=O) groups is 4. The fourth-order valence-corrected chi connectivity index (χ4v) is 11.9. The average molecular weight is 1300 g/mol. The fourth-order valence-electron chi connectivity index (χ4n) is 10.4. The highest BCUT2D eigenvalue weighted by atomic mass is 31.2. The number of unbranched alkanes of at least 4 members (excludes halogenated alkanes) is 35.